The Morgan fingerprint density at radius 1 is 1.11 bits per heavy atom. The van der Waals surface area contributed by atoms with Crippen LogP contribution in [0.1, 0.15) is 22.3 Å². The van der Waals surface area contributed by atoms with E-state index in [-0.39, 0.29) is 18.7 Å². The summed E-state index contributed by atoms with van der Waals surface area (Å²) in [4.78, 5) is 15.0. The number of nitrogens with one attached hydrogen (secondary N) is 1. The minimum Gasteiger partial charge on any atom is -0.497 e. The van der Waals surface area contributed by atoms with E-state index in [1.54, 1.807) is 32.4 Å². The van der Waals surface area contributed by atoms with E-state index < -0.39 is 0 Å². The van der Waals surface area contributed by atoms with Gasteiger partial charge in [-0.3, -0.25) is 9.69 Å². The van der Waals surface area contributed by atoms with Crippen LogP contribution >= 0.6 is 0 Å². The molecule has 1 fully saturated rings. The zero-order valence-corrected chi connectivity index (χ0v) is 16.1. The zero-order valence-electron chi connectivity index (χ0n) is 16.1. The second kappa shape index (κ2) is 7.98. The van der Waals surface area contributed by atoms with E-state index >= 15 is 0 Å². The minimum atomic E-state index is -0.118. The quantitative estimate of drug-likeness (QED) is 0.825. The Morgan fingerprint density at radius 2 is 1.86 bits per heavy atom. The highest BCUT2D eigenvalue weighted by Gasteiger charge is 2.25. The van der Waals surface area contributed by atoms with Crippen LogP contribution in [-0.2, 0) is 6.54 Å². The fraction of sp³-hybridized carbons (Fsp3) is 0.381. The molecule has 0 unspecified atom stereocenters. The first kappa shape index (κ1) is 18.4. The number of hydrogen-bond donors (Lipinski definition) is 1. The van der Waals surface area contributed by atoms with Crippen molar-refractivity contribution in [1.82, 2.24) is 10.2 Å². The summed E-state index contributed by atoms with van der Waals surface area (Å²) >= 11 is 0. The van der Waals surface area contributed by atoms with Gasteiger partial charge in [0.15, 0.2) is 11.5 Å². The molecule has 4 rings (SSSR count). The average Bonchev–Trinajstić information content (AvgIpc) is 3.36. The van der Waals surface area contributed by atoms with Crippen molar-refractivity contribution in [3.63, 3.8) is 0 Å². The van der Waals surface area contributed by atoms with Crippen molar-refractivity contribution >= 4 is 5.91 Å². The number of nitrogens with zero attached hydrogens (tertiary/aromatic N) is 1. The van der Waals surface area contributed by atoms with Crippen molar-refractivity contribution in [3.05, 3.63) is 47.5 Å². The van der Waals surface area contributed by atoms with E-state index in [0.29, 0.717) is 17.1 Å². The maximum atomic E-state index is 12.7. The van der Waals surface area contributed by atoms with E-state index in [1.165, 1.54) is 5.56 Å². The predicted octanol–water partition coefficient (Wildman–Crippen LogP) is 2.44. The molecule has 2 aliphatic heterocycles. The highest BCUT2D eigenvalue weighted by Crippen LogP contribution is 2.33. The van der Waals surface area contributed by atoms with Crippen LogP contribution in [-0.4, -0.2) is 51.0 Å². The van der Waals surface area contributed by atoms with E-state index in [1.807, 2.05) is 12.1 Å². The van der Waals surface area contributed by atoms with Crippen LogP contribution in [0, 0.1) is 0 Å². The Bertz CT molecular complexity index is 848. The molecule has 1 amide bonds. The minimum absolute atomic E-state index is 0.110. The third-order valence-electron chi connectivity index (χ3n) is 5.06. The number of likely N-dealkylation sites (tertiary alicyclic amines) is 1. The summed E-state index contributed by atoms with van der Waals surface area (Å²) in [5, 5.41) is 3.12. The standard InChI is InChI=1S/C21H24N2O5/c1-25-17-8-15(9-18(10-17)26-2)21(24)22-16-5-6-23(12-16)11-14-3-4-19-20(7-14)28-13-27-19/h3-4,7-10,16H,5-6,11-13H2,1-2H3,(H,22,24)/t16-/m1/s1. The van der Waals surface area contributed by atoms with Crippen molar-refractivity contribution in [1.29, 1.82) is 0 Å². The number of carbonyl (C=O) groups excluding carboxylic acids is 1. The largest absolute Gasteiger partial charge is 0.497 e. The highest BCUT2D eigenvalue weighted by molar-refractivity contribution is 5.95. The summed E-state index contributed by atoms with van der Waals surface area (Å²) in [7, 11) is 3.14. The van der Waals surface area contributed by atoms with Gasteiger partial charge in [-0.25, -0.2) is 0 Å². The van der Waals surface area contributed by atoms with Gasteiger partial charge in [-0.15, -0.1) is 0 Å². The van der Waals surface area contributed by atoms with Crippen LogP contribution in [0.5, 0.6) is 23.0 Å². The van der Waals surface area contributed by atoms with Gasteiger partial charge in [0.25, 0.3) is 5.91 Å². The Labute approximate surface area is 164 Å². The monoisotopic (exact) mass is 384 g/mol. The Balaban J connectivity index is 1.35. The van der Waals surface area contributed by atoms with Crippen molar-refractivity contribution < 1.29 is 23.7 Å². The first-order chi connectivity index (χ1) is 13.6. The second-order valence-electron chi connectivity index (χ2n) is 6.98. The van der Waals surface area contributed by atoms with E-state index in [2.05, 4.69) is 16.3 Å². The van der Waals surface area contributed by atoms with Crippen LogP contribution in [0.4, 0.5) is 0 Å². The van der Waals surface area contributed by atoms with Gasteiger partial charge < -0.3 is 24.3 Å². The maximum Gasteiger partial charge on any atom is 0.251 e. The molecule has 0 aliphatic carbocycles. The normalized spacial score (nSPS) is 18.1. The van der Waals surface area contributed by atoms with Gasteiger partial charge >= 0.3 is 0 Å². The molecule has 0 aromatic heterocycles. The van der Waals surface area contributed by atoms with Crippen molar-refractivity contribution in [3.8, 4) is 23.0 Å². The van der Waals surface area contributed by atoms with Gasteiger partial charge in [0.1, 0.15) is 11.5 Å². The molecular weight excluding hydrogens is 360 g/mol. The number of hydrogen-bond acceptors (Lipinski definition) is 6. The number of rotatable bonds is 6. The molecule has 2 aromatic carbocycles. The first-order valence-electron chi connectivity index (χ1n) is 9.29. The van der Waals surface area contributed by atoms with E-state index in [4.69, 9.17) is 18.9 Å². The molecule has 7 heteroatoms. The lowest BCUT2D eigenvalue weighted by Gasteiger charge is -2.17. The fourth-order valence-electron chi connectivity index (χ4n) is 3.60. The SMILES string of the molecule is COc1cc(OC)cc(C(=O)N[C@@H]2CCN(Cc3ccc4c(c3)OCO4)C2)c1. The van der Waals surface area contributed by atoms with Crippen molar-refractivity contribution in [2.45, 2.75) is 19.0 Å². The molecule has 28 heavy (non-hydrogen) atoms. The van der Waals surface area contributed by atoms with Gasteiger partial charge in [0, 0.05) is 37.3 Å². The third-order valence-corrected chi connectivity index (χ3v) is 5.06. The maximum absolute atomic E-state index is 12.7. The molecule has 1 saturated heterocycles. The van der Waals surface area contributed by atoms with Gasteiger partial charge in [-0.2, -0.15) is 0 Å². The Hall–Kier alpha value is -2.93. The number of fused-ring (bicyclic) bond motifs is 1. The average molecular weight is 384 g/mol. The molecule has 7 nitrogen and oxygen atoms in total. The summed E-state index contributed by atoms with van der Waals surface area (Å²) < 4.78 is 21.3. The van der Waals surface area contributed by atoms with Crippen molar-refractivity contribution in [2.24, 2.45) is 0 Å². The Morgan fingerprint density at radius 3 is 2.61 bits per heavy atom. The molecule has 1 atom stereocenters. The van der Waals surface area contributed by atoms with Crippen LogP contribution in [0.15, 0.2) is 36.4 Å². The molecule has 2 heterocycles. The van der Waals surface area contributed by atoms with Gasteiger partial charge in [-0.05, 0) is 36.2 Å². The number of ether oxygens (including phenoxy) is 4. The number of amides is 1. The van der Waals surface area contributed by atoms with E-state index in [9.17, 15) is 4.79 Å². The summed E-state index contributed by atoms with van der Waals surface area (Å²) in [5.41, 5.74) is 1.71. The van der Waals surface area contributed by atoms with Gasteiger partial charge in [0.05, 0.1) is 14.2 Å². The lowest BCUT2D eigenvalue weighted by atomic mass is 10.1. The highest BCUT2D eigenvalue weighted by atomic mass is 16.7. The topological polar surface area (TPSA) is 69.3 Å². The van der Waals surface area contributed by atoms with Crippen LogP contribution < -0.4 is 24.3 Å². The summed E-state index contributed by atoms with van der Waals surface area (Å²) in [6.07, 6.45) is 0.914. The van der Waals surface area contributed by atoms with Crippen LogP contribution in [0.3, 0.4) is 0 Å². The van der Waals surface area contributed by atoms with Crippen LogP contribution in [0.25, 0.3) is 0 Å². The van der Waals surface area contributed by atoms with Crippen LogP contribution in [0.2, 0.25) is 0 Å². The third kappa shape index (κ3) is 3.99. The molecule has 148 valence electrons. The summed E-state index contributed by atoms with van der Waals surface area (Å²) in [6.45, 7) is 2.84. The second-order valence-corrected chi connectivity index (χ2v) is 6.98. The smallest absolute Gasteiger partial charge is 0.251 e. The molecule has 0 radical (unpaired) electrons. The number of benzene rings is 2. The molecule has 2 aromatic rings. The molecule has 0 bridgehead atoms. The molecular formula is C21H24N2O5. The summed E-state index contributed by atoms with van der Waals surface area (Å²) in [6, 6.07) is 11.3. The number of methoxy groups -OCH3 is 2. The molecule has 2 aliphatic rings. The number of carbonyl (C=O) groups is 1. The molecule has 1 N–H and O–H groups in total. The first-order valence-corrected chi connectivity index (χ1v) is 9.29. The molecule has 0 saturated carbocycles. The zero-order chi connectivity index (χ0) is 19.5. The van der Waals surface area contributed by atoms with Crippen molar-refractivity contribution in [2.75, 3.05) is 34.1 Å². The fourth-order valence-corrected chi connectivity index (χ4v) is 3.60. The van der Waals surface area contributed by atoms with E-state index in [0.717, 1.165) is 37.6 Å². The Kier molecular flexibility index (Phi) is 5.25. The van der Waals surface area contributed by atoms with Gasteiger partial charge in [-0.1, -0.05) is 6.07 Å². The van der Waals surface area contributed by atoms with Gasteiger partial charge in [0.2, 0.25) is 6.79 Å². The predicted molar refractivity (Wildman–Crippen MR) is 103 cm³/mol. The summed E-state index contributed by atoms with van der Waals surface area (Å²) in [5.74, 6) is 2.67. The lowest BCUT2D eigenvalue weighted by molar-refractivity contribution is 0.0937. The lowest BCUT2D eigenvalue weighted by Crippen LogP contribution is -2.37. The molecule has 0 spiro atoms.